The van der Waals surface area contributed by atoms with Crippen molar-refractivity contribution in [3.05, 3.63) is 63.6 Å². The summed E-state index contributed by atoms with van der Waals surface area (Å²) < 4.78 is 32.3. The van der Waals surface area contributed by atoms with E-state index in [9.17, 15) is 18.4 Å². The van der Waals surface area contributed by atoms with Gasteiger partial charge >= 0.3 is 5.97 Å². The lowest BCUT2D eigenvalue weighted by Gasteiger charge is -2.08. The fraction of sp³-hybridized carbons (Fsp3) is 0.125. The number of rotatable bonds is 4. The molecule has 23 heavy (non-hydrogen) atoms. The van der Waals surface area contributed by atoms with E-state index in [0.717, 1.165) is 28.2 Å². The second-order valence-electron chi connectivity index (χ2n) is 4.68. The molecule has 1 N–H and O–H groups in total. The van der Waals surface area contributed by atoms with Gasteiger partial charge in [0.05, 0.1) is 0 Å². The van der Waals surface area contributed by atoms with Crippen LogP contribution in [0, 0.1) is 18.6 Å². The summed E-state index contributed by atoms with van der Waals surface area (Å²) in [7, 11) is 0. The first-order valence-corrected chi connectivity index (χ1v) is 7.35. The van der Waals surface area contributed by atoms with Crippen molar-refractivity contribution in [2.45, 2.75) is 6.92 Å². The Morgan fingerprint density at radius 3 is 2.43 bits per heavy atom. The van der Waals surface area contributed by atoms with Crippen LogP contribution in [-0.4, -0.2) is 18.5 Å². The lowest BCUT2D eigenvalue weighted by molar-refractivity contribution is -0.119. The zero-order chi connectivity index (χ0) is 17.0. The number of ether oxygens (including phenoxy) is 1. The predicted molar refractivity (Wildman–Crippen MR) is 84.1 cm³/mol. The van der Waals surface area contributed by atoms with E-state index in [1.165, 1.54) is 0 Å². The van der Waals surface area contributed by atoms with E-state index in [2.05, 4.69) is 26.0 Å². The molecule has 0 saturated carbocycles. The Morgan fingerprint density at radius 1 is 1.17 bits per heavy atom. The number of aryl methyl sites for hydroxylation is 1. The Labute approximate surface area is 139 Å². The van der Waals surface area contributed by atoms with Gasteiger partial charge in [0.1, 0.15) is 17.2 Å². The van der Waals surface area contributed by atoms with Gasteiger partial charge in [-0.25, -0.2) is 13.6 Å². The molecule has 1 amide bonds. The molecule has 0 saturated heterocycles. The number of anilines is 1. The van der Waals surface area contributed by atoms with Gasteiger partial charge in [0.2, 0.25) is 0 Å². The van der Waals surface area contributed by atoms with Gasteiger partial charge in [0, 0.05) is 10.2 Å². The first-order valence-electron chi connectivity index (χ1n) is 6.55. The van der Waals surface area contributed by atoms with Crippen LogP contribution in [0.5, 0.6) is 0 Å². The molecule has 0 aliphatic carbocycles. The topological polar surface area (TPSA) is 55.4 Å². The Kier molecular flexibility index (Phi) is 5.44. The average Bonchev–Trinajstić information content (AvgIpc) is 2.49. The first-order chi connectivity index (χ1) is 10.9. The van der Waals surface area contributed by atoms with E-state index in [1.54, 1.807) is 18.2 Å². The standard InChI is InChI=1S/C16H12BrF2NO3/c1-9-5-6-10(7-11(9)17)20-14(21)8-23-16(22)15-12(18)3-2-4-13(15)19/h2-7H,8H2,1H3,(H,20,21). The maximum atomic E-state index is 13.4. The summed E-state index contributed by atoms with van der Waals surface area (Å²) in [4.78, 5) is 23.4. The minimum absolute atomic E-state index is 0.501. The van der Waals surface area contributed by atoms with Crippen molar-refractivity contribution in [3.8, 4) is 0 Å². The van der Waals surface area contributed by atoms with Crippen LogP contribution in [0.25, 0.3) is 0 Å². The maximum absolute atomic E-state index is 13.4. The summed E-state index contributed by atoms with van der Waals surface area (Å²) in [6.45, 7) is 1.23. The van der Waals surface area contributed by atoms with Crippen LogP contribution in [0.3, 0.4) is 0 Å². The van der Waals surface area contributed by atoms with Crippen LogP contribution >= 0.6 is 15.9 Å². The van der Waals surface area contributed by atoms with Crippen molar-refractivity contribution < 1.29 is 23.1 Å². The van der Waals surface area contributed by atoms with E-state index in [4.69, 9.17) is 0 Å². The minimum atomic E-state index is -1.24. The quantitative estimate of drug-likeness (QED) is 0.816. The Balaban J connectivity index is 1.96. The molecule has 0 heterocycles. The van der Waals surface area contributed by atoms with Gasteiger partial charge < -0.3 is 10.1 Å². The number of benzene rings is 2. The normalized spacial score (nSPS) is 10.3. The van der Waals surface area contributed by atoms with E-state index >= 15 is 0 Å². The van der Waals surface area contributed by atoms with E-state index in [1.807, 2.05) is 6.92 Å². The smallest absolute Gasteiger partial charge is 0.344 e. The third-order valence-electron chi connectivity index (χ3n) is 2.96. The molecule has 0 aromatic heterocycles. The lowest BCUT2D eigenvalue weighted by Crippen LogP contribution is -2.22. The zero-order valence-electron chi connectivity index (χ0n) is 12.0. The number of hydrogen-bond donors (Lipinski definition) is 1. The van der Waals surface area contributed by atoms with Crippen LogP contribution in [0.2, 0.25) is 0 Å². The van der Waals surface area contributed by atoms with E-state index in [-0.39, 0.29) is 0 Å². The molecule has 0 radical (unpaired) electrons. The van der Waals surface area contributed by atoms with Gasteiger partial charge in [-0.2, -0.15) is 0 Å². The van der Waals surface area contributed by atoms with E-state index in [0.29, 0.717) is 5.69 Å². The summed E-state index contributed by atoms with van der Waals surface area (Å²) in [5.74, 6) is -3.94. The van der Waals surface area contributed by atoms with Crippen molar-refractivity contribution in [1.29, 1.82) is 0 Å². The average molecular weight is 384 g/mol. The molecule has 0 aliphatic heterocycles. The molecule has 2 rings (SSSR count). The molecule has 0 bridgehead atoms. The number of hydrogen-bond acceptors (Lipinski definition) is 3. The van der Waals surface area contributed by atoms with Gasteiger partial charge in [0.15, 0.2) is 6.61 Å². The SMILES string of the molecule is Cc1ccc(NC(=O)COC(=O)c2c(F)cccc2F)cc1Br. The monoisotopic (exact) mass is 383 g/mol. The number of amides is 1. The second-order valence-corrected chi connectivity index (χ2v) is 5.54. The first kappa shape index (κ1) is 17.1. The maximum Gasteiger partial charge on any atom is 0.344 e. The molecular formula is C16H12BrF2NO3. The summed E-state index contributed by atoms with van der Waals surface area (Å²) in [6, 6.07) is 8.15. The van der Waals surface area contributed by atoms with Crippen LogP contribution in [0.15, 0.2) is 40.9 Å². The summed E-state index contributed by atoms with van der Waals surface area (Å²) in [5.41, 5.74) is 0.670. The van der Waals surface area contributed by atoms with Crippen LogP contribution < -0.4 is 5.32 Å². The molecule has 7 heteroatoms. The highest BCUT2D eigenvalue weighted by molar-refractivity contribution is 9.10. The third-order valence-corrected chi connectivity index (χ3v) is 3.81. The van der Waals surface area contributed by atoms with Gasteiger partial charge in [-0.15, -0.1) is 0 Å². The molecule has 0 spiro atoms. The molecule has 0 unspecified atom stereocenters. The molecule has 4 nitrogen and oxygen atoms in total. The highest BCUT2D eigenvalue weighted by atomic mass is 79.9. The van der Waals surface area contributed by atoms with E-state index < -0.39 is 35.7 Å². The number of carbonyl (C=O) groups excluding carboxylic acids is 2. The molecule has 0 aliphatic rings. The van der Waals surface area contributed by atoms with Crippen molar-refractivity contribution >= 4 is 33.5 Å². The van der Waals surface area contributed by atoms with Gasteiger partial charge in [-0.3, -0.25) is 4.79 Å². The molecule has 0 atom stereocenters. The van der Waals surface area contributed by atoms with Crippen LogP contribution in [-0.2, 0) is 9.53 Å². The lowest BCUT2D eigenvalue weighted by atomic mass is 10.2. The largest absolute Gasteiger partial charge is 0.452 e. The molecular weight excluding hydrogens is 372 g/mol. The van der Waals surface area contributed by atoms with Crippen molar-refractivity contribution in [1.82, 2.24) is 0 Å². The molecule has 0 fully saturated rings. The van der Waals surface area contributed by atoms with Gasteiger partial charge in [0.25, 0.3) is 5.91 Å². The summed E-state index contributed by atoms with van der Waals surface area (Å²) >= 11 is 3.32. The highest BCUT2D eigenvalue weighted by Gasteiger charge is 2.19. The fourth-order valence-electron chi connectivity index (χ4n) is 1.76. The zero-order valence-corrected chi connectivity index (χ0v) is 13.6. The number of nitrogens with one attached hydrogen (secondary N) is 1. The minimum Gasteiger partial charge on any atom is -0.452 e. The summed E-state index contributed by atoms with van der Waals surface area (Å²) in [5, 5.41) is 2.51. The highest BCUT2D eigenvalue weighted by Crippen LogP contribution is 2.20. The second kappa shape index (κ2) is 7.32. The Bertz CT molecular complexity index is 745. The number of esters is 1. The van der Waals surface area contributed by atoms with Crippen molar-refractivity contribution in [3.63, 3.8) is 0 Å². The molecule has 2 aromatic rings. The Morgan fingerprint density at radius 2 is 1.83 bits per heavy atom. The molecule has 2 aromatic carbocycles. The summed E-state index contributed by atoms with van der Waals surface area (Å²) in [6.07, 6.45) is 0. The van der Waals surface area contributed by atoms with Gasteiger partial charge in [-0.05, 0) is 36.8 Å². The number of halogens is 3. The number of carbonyl (C=O) groups is 2. The molecule has 120 valence electrons. The fourth-order valence-corrected chi connectivity index (χ4v) is 2.14. The van der Waals surface area contributed by atoms with Crippen molar-refractivity contribution in [2.24, 2.45) is 0 Å². The predicted octanol–water partition coefficient (Wildman–Crippen LogP) is 3.83. The third kappa shape index (κ3) is 4.35. The van der Waals surface area contributed by atoms with Crippen LogP contribution in [0.1, 0.15) is 15.9 Å². The van der Waals surface area contributed by atoms with Gasteiger partial charge in [-0.1, -0.05) is 28.1 Å². The van der Waals surface area contributed by atoms with Crippen LogP contribution in [0.4, 0.5) is 14.5 Å². The Hall–Kier alpha value is -2.28. The van der Waals surface area contributed by atoms with Crippen molar-refractivity contribution in [2.75, 3.05) is 11.9 Å².